The summed E-state index contributed by atoms with van der Waals surface area (Å²) in [5.74, 6) is 2.39. The van der Waals surface area contributed by atoms with E-state index in [0.717, 1.165) is 74.6 Å². The number of carbonyl (C=O) groups is 2. The van der Waals surface area contributed by atoms with Crippen molar-refractivity contribution in [3.05, 3.63) is 64.3 Å². The molecule has 250 valence electrons. The van der Waals surface area contributed by atoms with Gasteiger partial charge in [-0.25, -0.2) is 14.8 Å². The SMILES string of the molecule is CC(=O)NCC1CCN(Cc2cc(Oc3ccc(N4C[C@@H]5C[C@H]4CN5C(=O)OC(C)(C)C)nc3)nc(-c3cc(Cl)cc(Cl)c3)c2)CC1. The zero-order valence-corrected chi connectivity index (χ0v) is 28.9. The number of hydrogen-bond acceptors (Lipinski definition) is 8. The quantitative estimate of drug-likeness (QED) is 0.278. The van der Waals surface area contributed by atoms with Gasteiger partial charge in [-0.1, -0.05) is 23.2 Å². The summed E-state index contributed by atoms with van der Waals surface area (Å²) in [6.45, 7) is 11.9. The molecule has 1 N–H and O–H groups in total. The molecule has 3 aliphatic rings. The fourth-order valence-electron chi connectivity index (χ4n) is 6.66. The first-order valence-corrected chi connectivity index (χ1v) is 17.0. The molecular weight excluding hydrogens is 639 g/mol. The smallest absolute Gasteiger partial charge is 0.410 e. The monoisotopic (exact) mass is 680 g/mol. The molecule has 0 spiro atoms. The second-order valence-corrected chi connectivity index (χ2v) is 14.7. The Morgan fingerprint density at radius 1 is 1.00 bits per heavy atom. The van der Waals surface area contributed by atoms with E-state index in [0.29, 0.717) is 34.1 Å². The summed E-state index contributed by atoms with van der Waals surface area (Å²) in [6, 6.07) is 13.6. The Labute approximate surface area is 286 Å². The molecule has 10 nitrogen and oxygen atoms in total. The molecule has 3 saturated heterocycles. The van der Waals surface area contributed by atoms with Gasteiger partial charge in [0.05, 0.1) is 24.0 Å². The molecule has 3 aliphatic heterocycles. The summed E-state index contributed by atoms with van der Waals surface area (Å²) in [5, 5.41) is 4.02. The third-order valence-electron chi connectivity index (χ3n) is 8.88. The minimum atomic E-state index is -0.515. The molecule has 2 amide bonds. The molecule has 0 aliphatic carbocycles. The average molecular weight is 682 g/mol. The van der Waals surface area contributed by atoms with Crippen LogP contribution in [0.1, 0.15) is 52.5 Å². The van der Waals surface area contributed by atoms with Crippen LogP contribution in [-0.2, 0) is 16.1 Å². The fourth-order valence-corrected chi connectivity index (χ4v) is 7.19. The Kier molecular flexibility index (Phi) is 9.82. The molecule has 47 heavy (non-hydrogen) atoms. The molecule has 6 rings (SSSR count). The van der Waals surface area contributed by atoms with E-state index in [1.54, 1.807) is 19.2 Å². The number of carbonyl (C=O) groups excluding carboxylic acids is 2. The molecule has 0 saturated carbocycles. The van der Waals surface area contributed by atoms with Crippen LogP contribution in [-0.4, -0.2) is 82.2 Å². The van der Waals surface area contributed by atoms with E-state index < -0.39 is 5.60 Å². The topological polar surface area (TPSA) is 100 Å². The predicted molar refractivity (Wildman–Crippen MR) is 183 cm³/mol. The highest BCUT2D eigenvalue weighted by Crippen LogP contribution is 2.36. The van der Waals surface area contributed by atoms with E-state index in [4.69, 9.17) is 42.6 Å². The standard InChI is InChI=1S/C35H42Cl2N6O4/c1-22(44)38-17-23-7-9-41(10-8-23)19-24-11-31(25-13-26(36)15-27(37)14-25)40-33(12-24)46-30-5-6-32(39-18-30)42-20-29-16-28(42)21-43(29)34(45)47-35(2,3)4/h5-6,11-15,18,23,28-29H,7-10,16-17,19-21H2,1-4H3,(H,38,44)/t28-,29-/m0/s1. The second-order valence-electron chi connectivity index (χ2n) is 13.8. The lowest BCUT2D eigenvalue weighted by atomic mass is 9.96. The first kappa shape index (κ1) is 33.3. The van der Waals surface area contributed by atoms with Crippen LogP contribution >= 0.6 is 23.2 Å². The molecule has 5 heterocycles. The minimum Gasteiger partial charge on any atom is -0.444 e. The number of likely N-dealkylation sites (tertiary alicyclic amines) is 2. The third-order valence-corrected chi connectivity index (χ3v) is 9.32. The maximum atomic E-state index is 12.7. The molecular formula is C35H42Cl2N6O4. The van der Waals surface area contributed by atoms with E-state index in [1.165, 1.54) is 0 Å². The van der Waals surface area contributed by atoms with Crippen molar-refractivity contribution < 1.29 is 19.1 Å². The van der Waals surface area contributed by atoms with Crippen molar-refractivity contribution >= 4 is 41.0 Å². The van der Waals surface area contributed by atoms with E-state index in [-0.39, 0.29) is 24.1 Å². The summed E-state index contributed by atoms with van der Waals surface area (Å²) >= 11 is 12.7. The van der Waals surface area contributed by atoms with Crippen molar-refractivity contribution in [3.8, 4) is 22.9 Å². The Morgan fingerprint density at radius 2 is 1.74 bits per heavy atom. The number of rotatable bonds is 8. The minimum absolute atomic E-state index is 0.0184. The highest BCUT2D eigenvalue weighted by atomic mass is 35.5. The van der Waals surface area contributed by atoms with Gasteiger partial charge in [-0.15, -0.1) is 0 Å². The van der Waals surface area contributed by atoms with Gasteiger partial charge in [-0.3, -0.25) is 9.69 Å². The average Bonchev–Trinajstić information content (AvgIpc) is 3.62. The molecule has 0 unspecified atom stereocenters. The van der Waals surface area contributed by atoms with Crippen LogP contribution in [0.25, 0.3) is 11.3 Å². The summed E-state index contributed by atoms with van der Waals surface area (Å²) in [6.07, 6.45) is 4.43. The molecule has 0 radical (unpaired) electrons. The number of piperidine rings is 1. The van der Waals surface area contributed by atoms with Crippen molar-refractivity contribution in [1.82, 2.24) is 25.1 Å². The Bertz CT molecular complexity index is 1590. The van der Waals surface area contributed by atoms with Crippen molar-refractivity contribution in [3.63, 3.8) is 0 Å². The summed E-state index contributed by atoms with van der Waals surface area (Å²) in [4.78, 5) is 40.1. The number of hydrogen-bond donors (Lipinski definition) is 1. The van der Waals surface area contributed by atoms with Gasteiger partial charge in [-0.2, -0.15) is 0 Å². The summed E-state index contributed by atoms with van der Waals surface area (Å²) in [7, 11) is 0. The molecule has 2 bridgehead atoms. The van der Waals surface area contributed by atoms with Gasteiger partial charge in [0.25, 0.3) is 0 Å². The molecule has 3 fully saturated rings. The van der Waals surface area contributed by atoms with E-state index >= 15 is 0 Å². The predicted octanol–water partition coefficient (Wildman–Crippen LogP) is 6.79. The van der Waals surface area contributed by atoms with Gasteiger partial charge in [0, 0.05) is 54.8 Å². The zero-order valence-electron chi connectivity index (χ0n) is 27.3. The van der Waals surface area contributed by atoms with Crippen LogP contribution in [0.2, 0.25) is 10.0 Å². The maximum Gasteiger partial charge on any atom is 0.410 e. The highest BCUT2D eigenvalue weighted by molar-refractivity contribution is 6.35. The third kappa shape index (κ3) is 8.47. The van der Waals surface area contributed by atoms with Crippen molar-refractivity contribution in [1.29, 1.82) is 0 Å². The van der Waals surface area contributed by atoms with Crippen LogP contribution in [0.4, 0.5) is 10.6 Å². The fraction of sp³-hybridized carbons (Fsp3) is 0.486. The van der Waals surface area contributed by atoms with Gasteiger partial charge in [0.15, 0.2) is 0 Å². The van der Waals surface area contributed by atoms with Crippen LogP contribution in [0, 0.1) is 5.92 Å². The lowest BCUT2D eigenvalue weighted by Crippen LogP contribution is -2.50. The lowest BCUT2D eigenvalue weighted by Gasteiger charge is -2.35. The largest absolute Gasteiger partial charge is 0.444 e. The number of nitrogens with zero attached hydrogens (tertiary/aromatic N) is 5. The van der Waals surface area contributed by atoms with Gasteiger partial charge >= 0.3 is 6.09 Å². The lowest BCUT2D eigenvalue weighted by molar-refractivity contribution is -0.119. The molecule has 2 atom stereocenters. The second kappa shape index (κ2) is 13.9. The Balaban J connectivity index is 1.14. The number of piperazine rings is 1. The van der Waals surface area contributed by atoms with Crippen molar-refractivity contribution in [2.24, 2.45) is 5.92 Å². The number of halogens is 2. The zero-order chi connectivity index (χ0) is 33.3. The molecule has 12 heteroatoms. The number of fused-ring (bicyclic) bond motifs is 2. The van der Waals surface area contributed by atoms with Crippen molar-refractivity contribution in [2.45, 2.75) is 71.2 Å². The Hall–Kier alpha value is -3.60. The number of nitrogens with one attached hydrogen (secondary N) is 1. The van der Waals surface area contributed by atoms with Crippen LogP contribution in [0.15, 0.2) is 48.7 Å². The van der Waals surface area contributed by atoms with E-state index in [9.17, 15) is 9.59 Å². The first-order chi connectivity index (χ1) is 22.4. The highest BCUT2D eigenvalue weighted by Gasteiger charge is 2.47. The van der Waals surface area contributed by atoms with Gasteiger partial charge in [0.1, 0.15) is 17.2 Å². The number of amides is 2. The normalized spacial score (nSPS) is 20.0. The summed E-state index contributed by atoms with van der Waals surface area (Å²) in [5.41, 5.74) is 2.07. The number of pyridine rings is 2. The van der Waals surface area contributed by atoms with Gasteiger partial charge in [-0.05, 0) is 101 Å². The Morgan fingerprint density at radius 3 is 2.36 bits per heavy atom. The van der Waals surface area contributed by atoms with Crippen LogP contribution < -0.4 is 15.0 Å². The number of anilines is 1. The number of benzene rings is 1. The molecule has 1 aromatic carbocycles. The number of ether oxygens (including phenoxy) is 2. The first-order valence-electron chi connectivity index (χ1n) is 16.2. The van der Waals surface area contributed by atoms with Crippen LogP contribution in [0.3, 0.4) is 0 Å². The van der Waals surface area contributed by atoms with Gasteiger partial charge < -0.3 is 24.6 Å². The molecule has 3 aromatic rings. The van der Waals surface area contributed by atoms with E-state index in [2.05, 4.69) is 21.2 Å². The van der Waals surface area contributed by atoms with Crippen LogP contribution in [0.5, 0.6) is 11.6 Å². The molecule has 2 aromatic heterocycles. The van der Waals surface area contributed by atoms with E-state index in [1.807, 2.05) is 56.0 Å². The summed E-state index contributed by atoms with van der Waals surface area (Å²) < 4.78 is 11.9. The van der Waals surface area contributed by atoms with Gasteiger partial charge in [0.2, 0.25) is 11.8 Å². The van der Waals surface area contributed by atoms with Crippen molar-refractivity contribution in [2.75, 3.05) is 37.6 Å². The number of aromatic nitrogens is 2. The maximum absolute atomic E-state index is 12.7.